The van der Waals surface area contributed by atoms with Gasteiger partial charge in [-0.25, -0.2) is 0 Å². The van der Waals surface area contributed by atoms with E-state index in [0.29, 0.717) is 6.42 Å². The van der Waals surface area contributed by atoms with Crippen molar-refractivity contribution in [1.29, 1.82) is 0 Å². The molecule has 31 heavy (non-hydrogen) atoms. The minimum Gasteiger partial charge on any atom is -0.455 e. The summed E-state index contributed by atoms with van der Waals surface area (Å²) >= 11 is 0. The fourth-order valence-electron chi connectivity index (χ4n) is 3.48. The summed E-state index contributed by atoms with van der Waals surface area (Å²) in [6.45, 7) is 3.08. The lowest BCUT2D eigenvalue weighted by Crippen LogP contribution is -2.43. The van der Waals surface area contributed by atoms with E-state index in [1.54, 1.807) is 4.90 Å². The van der Waals surface area contributed by atoms with Crippen molar-refractivity contribution in [2.75, 3.05) is 18.1 Å². The molecule has 1 fully saturated rings. The van der Waals surface area contributed by atoms with Gasteiger partial charge in [-0.1, -0.05) is 48.0 Å². The number of anilines is 1. The molecule has 1 heterocycles. The third kappa shape index (κ3) is 6.01. The number of carbonyl (C=O) groups excluding carboxylic acids is 4. The molecule has 7 heteroatoms. The molecule has 0 unspecified atom stereocenters. The molecule has 3 rings (SSSR count). The van der Waals surface area contributed by atoms with E-state index in [1.165, 1.54) is 6.92 Å². The molecule has 162 valence electrons. The number of hydrogen-bond donors (Lipinski definition) is 1. The Morgan fingerprint density at radius 2 is 1.77 bits per heavy atom. The van der Waals surface area contributed by atoms with Gasteiger partial charge in [0, 0.05) is 18.7 Å². The van der Waals surface area contributed by atoms with Gasteiger partial charge in [0.05, 0.1) is 12.0 Å². The number of ether oxygens (including phenoxy) is 1. The Kier molecular flexibility index (Phi) is 7.18. The third-order valence-corrected chi connectivity index (χ3v) is 5.26. The van der Waals surface area contributed by atoms with Crippen LogP contribution in [-0.4, -0.2) is 42.8 Å². The highest BCUT2D eigenvalue weighted by molar-refractivity contribution is 5.99. The number of aryl methyl sites for hydroxylation is 1. The fraction of sp³-hybridized carbons (Fsp3) is 0.333. The summed E-state index contributed by atoms with van der Waals surface area (Å²) in [5.41, 5.74) is 2.73. The number of carbonyl (C=O) groups is 4. The number of rotatable bonds is 8. The van der Waals surface area contributed by atoms with Crippen molar-refractivity contribution < 1.29 is 23.9 Å². The second-order valence-corrected chi connectivity index (χ2v) is 7.77. The molecule has 1 N–H and O–H groups in total. The summed E-state index contributed by atoms with van der Waals surface area (Å²) in [5, 5.41) is 2.62. The van der Waals surface area contributed by atoms with Crippen LogP contribution in [0.2, 0.25) is 0 Å². The fourth-order valence-corrected chi connectivity index (χ4v) is 3.48. The Balaban J connectivity index is 1.50. The van der Waals surface area contributed by atoms with E-state index in [1.807, 2.05) is 61.5 Å². The Morgan fingerprint density at radius 1 is 1.10 bits per heavy atom. The van der Waals surface area contributed by atoms with Crippen LogP contribution >= 0.6 is 0 Å². The summed E-state index contributed by atoms with van der Waals surface area (Å²) in [6.07, 6.45) is 0.400. The molecule has 0 aliphatic carbocycles. The number of ketones is 1. The SMILES string of the molecule is CC(=O)[C@@H](Cc1ccccc1)NC(=O)COC(=O)[C@H]1CC(=O)N(c2ccc(C)cc2)C1. The lowest BCUT2D eigenvalue weighted by atomic mass is 10.0. The van der Waals surface area contributed by atoms with Gasteiger partial charge in [-0.3, -0.25) is 19.2 Å². The lowest BCUT2D eigenvalue weighted by Gasteiger charge is -2.17. The average molecular weight is 422 g/mol. The molecule has 0 spiro atoms. The summed E-state index contributed by atoms with van der Waals surface area (Å²) in [7, 11) is 0. The predicted octanol–water partition coefficient (Wildman–Crippen LogP) is 2.21. The zero-order chi connectivity index (χ0) is 22.4. The Labute approximate surface area is 181 Å². The van der Waals surface area contributed by atoms with Gasteiger partial charge in [0.1, 0.15) is 0 Å². The van der Waals surface area contributed by atoms with Gasteiger partial charge in [0.25, 0.3) is 5.91 Å². The number of hydrogen-bond acceptors (Lipinski definition) is 5. The smallest absolute Gasteiger partial charge is 0.311 e. The number of nitrogens with zero attached hydrogens (tertiary/aromatic N) is 1. The van der Waals surface area contributed by atoms with Crippen molar-refractivity contribution in [3.8, 4) is 0 Å². The van der Waals surface area contributed by atoms with Gasteiger partial charge in [0.15, 0.2) is 12.4 Å². The molecule has 0 saturated carbocycles. The highest BCUT2D eigenvalue weighted by Crippen LogP contribution is 2.26. The van der Waals surface area contributed by atoms with Crippen molar-refractivity contribution in [2.24, 2.45) is 5.92 Å². The van der Waals surface area contributed by atoms with Crippen LogP contribution in [0.15, 0.2) is 54.6 Å². The summed E-state index contributed by atoms with van der Waals surface area (Å²) in [4.78, 5) is 50.4. The first kappa shape index (κ1) is 22.2. The second-order valence-electron chi connectivity index (χ2n) is 7.77. The monoisotopic (exact) mass is 422 g/mol. The summed E-state index contributed by atoms with van der Waals surface area (Å²) < 4.78 is 5.13. The van der Waals surface area contributed by atoms with Crippen LogP contribution in [0.4, 0.5) is 5.69 Å². The molecule has 1 saturated heterocycles. The zero-order valence-electron chi connectivity index (χ0n) is 17.7. The molecular formula is C24H26N2O5. The lowest BCUT2D eigenvalue weighted by molar-refractivity contribution is -0.152. The number of nitrogens with one attached hydrogen (secondary N) is 1. The largest absolute Gasteiger partial charge is 0.455 e. The predicted molar refractivity (Wildman–Crippen MR) is 115 cm³/mol. The molecular weight excluding hydrogens is 396 g/mol. The highest BCUT2D eigenvalue weighted by Gasteiger charge is 2.36. The minimum atomic E-state index is -0.696. The summed E-state index contributed by atoms with van der Waals surface area (Å²) in [6, 6.07) is 16.1. The van der Waals surface area contributed by atoms with Crippen molar-refractivity contribution in [2.45, 2.75) is 32.7 Å². The Bertz CT molecular complexity index is 956. The molecule has 1 aliphatic rings. The molecule has 0 bridgehead atoms. The quantitative estimate of drug-likeness (QED) is 0.659. The molecule has 2 amide bonds. The van der Waals surface area contributed by atoms with E-state index in [4.69, 9.17) is 4.74 Å². The van der Waals surface area contributed by atoms with Crippen LogP contribution < -0.4 is 10.2 Å². The van der Waals surface area contributed by atoms with Crippen molar-refractivity contribution >= 4 is 29.3 Å². The van der Waals surface area contributed by atoms with Crippen LogP contribution in [0, 0.1) is 12.8 Å². The van der Waals surface area contributed by atoms with Gasteiger partial charge in [0.2, 0.25) is 5.91 Å². The number of benzene rings is 2. The maximum atomic E-state index is 12.4. The Hall–Kier alpha value is -3.48. The maximum Gasteiger partial charge on any atom is 0.311 e. The minimum absolute atomic E-state index is 0.0401. The normalized spacial score (nSPS) is 16.6. The first-order valence-corrected chi connectivity index (χ1v) is 10.2. The van der Waals surface area contributed by atoms with E-state index >= 15 is 0 Å². The van der Waals surface area contributed by atoms with Crippen LogP contribution in [0.5, 0.6) is 0 Å². The van der Waals surface area contributed by atoms with Gasteiger partial charge in [-0.15, -0.1) is 0 Å². The maximum absolute atomic E-state index is 12.4. The number of Topliss-reactive ketones (excluding diaryl/α,β-unsaturated/α-hetero) is 1. The molecule has 0 aromatic heterocycles. The van der Waals surface area contributed by atoms with Crippen LogP contribution in [0.3, 0.4) is 0 Å². The zero-order valence-corrected chi connectivity index (χ0v) is 17.7. The molecule has 1 aliphatic heterocycles. The van der Waals surface area contributed by atoms with Crippen LogP contribution in [0.1, 0.15) is 24.5 Å². The summed E-state index contributed by atoms with van der Waals surface area (Å²) in [5.74, 6) is -2.12. The number of amides is 2. The molecule has 2 aromatic rings. The van der Waals surface area contributed by atoms with Crippen molar-refractivity contribution in [3.05, 3.63) is 65.7 Å². The third-order valence-electron chi connectivity index (χ3n) is 5.26. The van der Waals surface area contributed by atoms with E-state index < -0.39 is 30.4 Å². The van der Waals surface area contributed by atoms with Crippen LogP contribution in [-0.2, 0) is 30.3 Å². The molecule has 2 aromatic carbocycles. The average Bonchev–Trinajstić information content (AvgIpc) is 3.14. The molecule has 2 atom stereocenters. The van der Waals surface area contributed by atoms with Crippen molar-refractivity contribution in [3.63, 3.8) is 0 Å². The van der Waals surface area contributed by atoms with Crippen molar-refractivity contribution in [1.82, 2.24) is 5.32 Å². The first-order chi connectivity index (χ1) is 14.8. The first-order valence-electron chi connectivity index (χ1n) is 10.2. The molecule has 7 nitrogen and oxygen atoms in total. The second kappa shape index (κ2) is 10.0. The number of esters is 1. The van der Waals surface area contributed by atoms with Gasteiger partial charge in [-0.2, -0.15) is 0 Å². The van der Waals surface area contributed by atoms with E-state index in [9.17, 15) is 19.2 Å². The van der Waals surface area contributed by atoms with Gasteiger partial charge in [-0.05, 0) is 38.0 Å². The Morgan fingerprint density at radius 3 is 2.42 bits per heavy atom. The van der Waals surface area contributed by atoms with Gasteiger partial charge >= 0.3 is 5.97 Å². The van der Waals surface area contributed by atoms with Crippen LogP contribution in [0.25, 0.3) is 0 Å². The van der Waals surface area contributed by atoms with E-state index in [2.05, 4.69) is 5.32 Å². The van der Waals surface area contributed by atoms with E-state index in [-0.39, 0.29) is 24.7 Å². The topological polar surface area (TPSA) is 92.8 Å². The highest BCUT2D eigenvalue weighted by atomic mass is 16.5. The van der Waals surface area contributed by atoms with E-state index in [0.717, 1.165) is 16.8 Å². The molecule has 0 radical (unpaired) electrons. The van der Waals surface area contributed by atoms with Gasteiger partial charge < -0.3 is 15.0 Å². The standard InChI is InChI=1S/C24H26N2O5/c1-16-8-10-20(11-9-16)26-14-19(13-23(26)29)24(30)31-15-22(28)25-21(17(2)27)12-18-6-4-3-5-7-18/h3-11,19,21H,12-15H2,1-2H3,(H,25,28)/t19-,21+/m0/s1.